The zero-order valence-electron chi connectivity index (χ0n) is 16.9. The SMILES string of the molecule is C[C@H](C(=O)NCc1ccncc1)N1CC[C@@]2(CCC1=O)NC(=O)c1ccccc1N2. The van der Waals surface area contributed by atoms with E-state index < -0.39 is 11.7 Å². The number of carbonyl (C=O) groups is 3. The van der Waals surface area contributed by atoms with Gasteiger partial charge in [0.1, 0.15) is 11.7 Å². The first-order valence-electron chi connectivity index (χ1n) is 10.1. The van der Waals surface area contributed by atoms with Crippen LogP contribution < -0.4 is 16.0 Å². The second-order valence-electron chi connectivity index (χ2n) is 7.79. The third-order valence-electron chi connectivity index (χ3n) is 5.83. The van der Waals surface area contributed by atoms with Crippen molar-refractivity contribution in [3.05, 3.63) is 59.9 Å². The molecule has 3 N–H and O–H groups in total. The normalized spacial score (nSPS) is 21.8. The minimum atomic E-state index is -0.691. The van der Waals surface area contributed by atoms with Crippen molar-refractivity contribution < 1.29 is 14.4 Å². The number of anilines is 1. The highest BCUT2D eigenvalue weighted by atomic mass is 16.2. The minimum Gasteiger partial charge on any atom is -0.362 e. The van der Waals surface area contributed by atoms with Crippen LogP contribution in [0.2, 0.25) is 0 Å². The number of nitrogens with zero attached hydrogens (tertiary/aromatic N) is 2. The molecule has 0 radical (unpaired) electrons. The van der Waals surface area contributed by atoms with E-state index in [2.05, 4.69) is 20.9 Å². The molecular formula is C22H25N5O3. The van der Waals surface area contributed by atoms with Crippen molar-refractivity contribution in [3.8, 4) is 0 Å². The number of para-hydroxylation sites is 1. The van der Waals surface area contributed by atoms with Crippen molar-refractivity contribution in [3.63, 3.8) is 0 Å². The number of fused-ring (bicyclic) bond motifs is 1. The van der Waals surface area contributed by atoms with Gasteiger partial charge in [0.25, 0.3) is 5.91 Å². The van der Waals surface area contributed by atoms with Crippen molar-refractivity contribution in [2.75, 3.05) is 11.9 Å². The maximum Gasteiger partial charge on any atom is 0.255 e. The Morgan fingerprint density at radius 3 is 2.73 bits per heavy atom. The van der Waals surface area contributed by atoms with Crippen LogP contribution in [0.15, 0.2) is 48.8 Å². The third-order valence-corrected chi connectivity index (χ3v) is 5.83. The smallest absolute Gasteiger partial charge is 0.255 e. The highest BCUT2D eigenvalue weighted by Gasteiger charge is 2.41. The molecule has 1 saturated heterocycles. The predicted octanol–water partition coefficient (Wildman–Crippen LogP) is 1.65. The molecule has 3 heterocycles. The molecule has 30 heavy (non-hydrogen) atoms. The molecule has 156 valence electrons. The van der Waals surface area contributed by atoms with Crippen LogP contribution in [0.5, 0.6) is 0 Å². The first-order valence-corrected chi connectivity index (χ1v) is 10.1. The van der Waals surface area contributed by atoms with Gasteiger partial charge in [-0.15, -0.1) is 0 Å². The molecule has 2 aliphatic rings. The molecule has 8 nitrogen and oxygen atoms in total. The number of nitrogens with one attached hydrogen (secondary N) is 3. The first kappa shape index (κ1) is 19.9. The number of carbonyl (C=O) groups excluding carboxylic acids is 3. The number of aromatic nitrogens is 1. The topological polar surface area (TPSA) is 103 Å². The number of amides is 3. The van der Waals surface area contributed by atoms with Gasteiger partial charge in [-0.1, -0.05) is 12.1 Å². The monoisotopic (exact) mass is 407 g/mol. The van der Waals surface area contributed by atoms with E-state index in [1.165, 1.54) is 0 Å². The molecule has 0 bridgehead atoms. The lowest BCUT2D eigenvalue weighted by Gasteiger charge is -2.40. The molecule has 0 unspecified atom stereocenters. The Labute approximate surface area is 175 Å². The molecule has 2 atom stereocenters. The number of hydrogen-bond donors (Lipinski definition) is 3. The fourth-order valence-corrected chi connectivity index (χ4v) is 4.03. The summed E-state index contributed by atoms with van der Waals surface area (Å²) in [5.41, 5.74) is 1.62. The molecule has 1 aromatic carbocycles. The quantitative estimate of drug-likeness (QED) is 0.715. The maximum absolute atomic E-state index is 12.8. The fourth-order valence-electron chi connectivity index (χ4n) is 4.03. The summed E-state index contributed by atoms with van der Waals surface area (Å²) in [6, 6.07) is 10.4. The summed E-state index contributed by atoms with van der Waals surface area (Å²) in [6.45, 7) is 2.49. The Bertz CT molecular complexity index is 964. The van der Waals surface area contributed by atoms with Crippen LogP contribution in [0.3, 0.4) is 0 Å². The van der Waals surface area contributed by atoms with Gasteiger partial charge in [-0.05, 0) is 43.2 Å². The highest BCUT2D eigenvalue weighted by Crippen LogP contribution is 2.32. The maximum atomic E-state index is 12.8. The van der Waals surface area contributed by atoms with Crippen molar-refractivity contribution >= 4 is 23.4 Å². The molecule has 2 aliphatic heterocycles. The lowest BCUT2D eigenvalue weighted by Crippen LogP contribution is -2.58. The molecule has 4 rings (SSSR count). The van der Waals surface area contributed by atoms with Gasteiger partial charge < -0.3 is 20.9 Å². The zero-order valence-corrected chi connectivity index (χ0v) is 16.9. The van der Waals surface area contributed by atoms with E-state index in [1.807, 2.05) is 30.3 Å². The lowest BCUT2D eigenvalue weighted by molar-refractivity contribution is -0.139. The van der Waals surface area contributed by atoms with Gasteiger partial charge in [-0.3, -0.25) is 19.4 Å². The number of rotatable bonds is 4. The summed E-state index contributed by atoms with van der Waals surface area (Å²) in [7, 11) is 0. The third kappa shape index (κ3) is 3.98. The minimum absolute atomic E-state index is 0.0895. The lowest BCUT2D eigenvalue weighted by atomic mass is 9.95. The molecule has 3 amide bonds. The van der Waals surface area contributed by atoms with E-state index in [0.29, 0.717) is 31.5 Å². The van der Waals surface area contributed by atoms with E-state index in [4.69, 9.17) is 0 Å². The molecular weight excluding hydrogens is 382 g/mol. The first-order chi connectivity index (χ1) is 14.5. The Morgan fingerprint density at radius 1 is 1.17 bits per heavy atom. The van der Waals surface area contributed by atoms with Gasteiger partial charge in [0, 0.05) is 44.0 Å². The Balaban J connectivity index is 1.42. The molecule has 8 heteroatoms. The van der Waals surface area contributed by atoms with E-state index in [9.17, 15) is 14.4 Å². The van der Waals surface area contributed by atoms with Crippen LogP contribution in [0, 0.1) is 0 Å². The number of hydrogen-bond acceptors (Lipinski definition) is 5. The molecule has 1 aromatic heterocycles. The average Bonchev–Trinajstić information content (AvgIpc) is 2.91. The number of pyridine rings is 1. The summed E-state index contributed by atoms with van der Waals surface area (Å²) < 4.78 is 0. The van der Waals surface area contributed by atoms with Gasteiger partial charge in [-0.25, -0.2) is 0 Å². The average molecular weight is 407 g/mol. The van der Waals surface area contributed by atoms with E-state index >= 15 is 0 Å². The van der Waals surface area contributed by atoms with Gasteiger partial charge in [0.2, 0.25) is 11.8 Å². The summed E-state index contributed by atoms with van der Waals surface area (Å²) in [6.07, 6.45) is 4.57. The summed E-state index contributed by atoms with van der Waals surface area (Å²) >= 11 is 0. The number of benzene rings is 1. The van der Waals surface area contributed by atoms with Gasteiger partial charge >= 0.3 is 0 Å². The second-order valence-corrected chi connectivity index (χ2v) is 7.79. The highest BCUT2D eigenvalue weighted by molar-refractivity contribution is 6.02. The molecule has 1 spiro atoms. The predicted molar refractivity (Wildman–Crippen MR) is 111 cm³/mol. The van der Waals surface area contributed by atoms with Crippen LogP contribution in [0.4, 0.5) is 5.69 Å². The van der Waals surface area contributed by atoms with Gasteiger partial charge in [0.15, 0.2) is 0 Å². The molecule has 2 aromatic rings. The molecule has 0 saturated carbocycles. The van der Waals surface area contributed by atoms with E-state index in [0.717, 1.165) is 11.3 Å². The van der Waals surface area contributed by atoms with Crippen molar-refractivity contribution in [1.29, 1.82) is 0 Å². The van der Waals surface area contributed by atoms with E-state index in [1.54, 1.807) is 30.3 Å². The van der Waals surface area contributed by atoms with Crippen molar-refractivity contribution in [2.24, 2.45) is 0 Å². The summed E-state index contributed by atoms with van der Waals surface area (Å²) in [4.78, 5) is 43.6. The van der Waals surface area contributed by atoms with Crippen LogP contribution in [0.25, 0.3) is 0 Å². The summed E-state index contributed by atoms with van der Waals surface area (Å²) in [5.74, 6) is -0.441. The molecule has 0 aliphatic carbocycles. The van der Waals surface area contributed by atoms with E-state index in [-0.39, 0.29) is 24.1 Å². The van der Waals surface area contributed by atoms with Gasteiger partial charge in [0.05, 0.1) is 5.56 Å². The Kier molecular flexibility index (Phi) is 5.39. The van der Waals surface area contributed by atoms with Crippen LogP contribution in [-0.4, -0.2) is 45.9 Å². The van der Waals surface area contributed by atoms with Crippen molar-refractivity contribution in [1.82, 2.24) is 20.5 Å². The Morgan fingerprint density at radius 2 is 1.93 bits per heavy atom. The van der Waals surface area contributed by atoms with Crippen molar-refractivity contribution in [2.45, 2.75) is 44.4 Å². The largest absolute Gasteiger partial charge is 0.362 e. The standard InChI is InChI=1S/C22H25N5O3/c1-15(20(29)24-14-16-7-11-23-12-8-16)27-13-10-22(9-6-19(27)28)25-18-5-3-2-4-17(18)21(30)26-22/h2-5,7-8,11-12,15,25H,6,9-10,13-14H2,1H3,(H,24,29)(H,26,30)/t15-,22-/m1/s1. The molecule has 1 fully saturated rings. The summed E-state index contributed by atoms with van der Waals surface area (Å²) in [5, 5.41) is 9.35. The zero-order chi connectivity index (χ0) is 21.1. The Hall–Kier alpha value is -3.42. The second kappa shape index (κ2) is 8.14. The van der Waals surface area contributed by atoms with Crippen LogP contribution in [-0.2, 0) is 16.1 Å². The van der Waals surface area contributed by atoms with Gasteiger partial charge in [-0.2, -0.15) is 0 Å². The van der Waals surface area contributed by atoms with Crippen LogP contribution in [0.1, 0.15) is 42.1 Å². The number of likely N-dealkylation sites (tertiary alicyclic amines) is 1. The fraction of sp³-hybridized carbons (Fsp3) is 0.364. The van der Waals surface area contributed by atoms with Crippen LogP contribution >= 0.6 is 0 Å².